The molecule has 0 amide bonds. The van der Waals surface area contributed by atoms with Gasteiger partial charge >= 0.3 is 0 Å². The number of para-hydroxylation sites is 1. The number of guanidine groups is 1. The number of nitrogens with zero attached hydrogens (tertiary/aromatic N) is 1. The van der Waals surface area contributed by atoms with Crippen molar-refractivity contribution in [2.75, 3.05) is 20.2 Å². The van der Waals surface area contributed by atoms with Gasteiger partial charge in [-0.05, 0) is 37.3 Å². The predicted octanol–water partition coefficient (Wildman–Crippen LogP) is 3.54. The van der Waals surface area contributed by atoms with E-state index in [2.05, 4.69) is 47.2 Å². The Hall–Kier alpha value is -2.01. The standard InChI is InChI=1S/C19H25N3OS/c1-3-20-18(21-13-15-7-6-12-24-15)22-14-19(10-11-19)16-8-4-5-9-17(16)23-2/h4-9,12H,3,10-11,13-14H2,1-2H3,(H2,20,21,22). The lowest BCUT2D eigenvalue weighted by atomic mass is 9.95. The van der Waals surface area contributed by atoms with Crippen LogP contribution in [0.5, 0.6) is 5.75 Å². The highest BCUT2D eigenvalue weighted by atomic mass is 32.1. The third-order valence-corrected chi connectivity index (χ3v) is 5.30. The summed E-state index contributed by atoms with van der Waals surface area (Å²) in [5.41, 5.74) is 1.47. The van der Waals surface area contributed by atoms with Gasteiger partial charge in [0, 0.05) is 28.9 Å². The number of benzene rings is 1. The highest BCUT2D eigenvalue weighted by Gasteiger charge is 2.46. The quantitative estimate of drug-likeness (QED) is 0.597. The van der Waals surface area contributed by atoms with E-state index in [1.165, 1.54) is 23.3 Å². The van der Waals surface area contributed by atoms with Crippen LogP contribution in [0.2, 0.25) is 0 Å². The van der Waals surface area contributed by atoms with Crippen molar-refractivity contribution in [3.63, 3.8) is 0 Å². The van der Waals surface area contributed by atoms with Gasteiger partial charge < -0.3 is 15.4 Å². The normalized spacial score (nSPS) is 15.8. The fourth-order valence-electron chi connectivity index (χ4n) is 2.93. The zero-order valence-corrected chi connectivity index (χ0v) is 15.2. The zero-order valence-electron chi connectivity index (χ0n) is 14.3. The Kier molecular flexibility index (Phi) is 5.41. The molecule has 0 bridgehead atoms. The number of hydrogen-bond donors (Lipinski definition) is 2. The molecule has 3 rings (SSSR count). The molecule has 1 heterocycles. The molecule has 0 aliphatic heterocycles. The Morgan fingerprint density at radius 1 is 1.21 bits per heavy atom. The van der Waals surface area contributed by atoms with E-state index in [1.54, 1.807) is 18.4 Å². The van der Waals surface area contributed by atoms with Gasteiger partial charge in [0.2, 0.25) is 0 Å². The summed E-state index contributed by atoms with van der Waals surface area (Å²) >= 11 is 1.74. The molecule has 1 aromatic heterocycles. The van der Waals surface area contributed by atoms with Crippen molar-refractivity contribution in [3.8, 4) is 5.75 Å². The number of thiophene rings is 1. The third-order valence-electron chi connectivity index (χ3n) is 4.44. The van der Waals surface area contributed by atoms with Crippen LogP contribution < -0.4 is 15.4 Å². The van der Waals surface area contributed by atoms with E-state index in [9.17, 15) is 0 Å². The SMILES string of the molecule is CCNC(=NCc1cccs1)NCC1(c2ccccc2OC)CC1. The summed E-state index contributed by atoms with van der Waals surface area (Å²) in [6, 6.07) is 12.5. The van der Waals surface area contributed by atoms with Gasteiger partial charge in [-0.2, -0.15) is 0 Å². The van der Waals surface area contributed by atoms with Crippen LogP contribution >= 0.6 is 11.3 Å². The van der Waals surface area contributed by atoms with Crippen LogP contribution in [0.1, 0.15) is 30.2 Å². The third kappa shape index (κ3) is 3.90. The lowest BCUT2D eigenvalue weighted by Crippen LogP contribution is -2.41. The molecular weight excluding hydrogens is 318 g/mol. The van der Waals surface area contributed by atoms with Gasteiger partial charge in [0.25, 0.3) is 0 Å². The second-order valence-electron chi connectivity index (χ2n) is 6.11. The Morgan fingerprint density at radius 3 is 2.71 bits per heavy atom. The number of methoxy groups -OCH3 is 1. The second-order valence-corrected chi connectivity index (χ2v) is 7.14. The Balaban J connectivity index is 1.66. The maximum absolute atomic E-state index is 5.55. The summed E-state index contributed by atoms with van der Waals surface area (Å²) in [5, 5.41) is 8.95. The van der Waals surface area contributed by atoms with Gasteiger partial charge in [-0.15, -0.1) is 11.3 Å². The molecule has 0 atom stereocenters. The molecule has 0 spiro atoms. The number of nitrogens with one attached hydrogen (secondary N) is 2. The molecule has 2 aromatic rings. The van der Waals surface area contributed by atoms with Gasteiger partial charge in [0.05, 0.1) is 13.7 Å². The van der Waals surface area contributed by atoms with Gasteiger partial charge in [0.1, 0.15) is 5.75 Å². The van der Waals surface area contributed by atoms with Crippen molar-refractivity contribution in [1.82, 2.24) is 10.6 Å². The lowest BCUT2D eigenvalue weighted by molar-refractivity contribution is 0.403. The van der Waals surface area contributed by atoms with Crippen LogP contribution in [0.3, 0.4) is 0 Å². The highest BCUT2D eigenvalue weighted by molar-refractivity contribution is 7.09. The minimum absolute atomic E-state index is 0.172. The molecule has 1 aromatic carbocycles. The van der Waals surface area contributed by atoms with E-state index in [0.29, 0.717) is 6.54 Å². The topological polar surface area (TPSA) is 45.7 Å². The minimum atomic E-state index is 0.172. The largest absolute Gasteiger partial charge is 0.496 e. The molecule has 0 unspecified atom stereocenters. The van der Waals surface area contributed by atoms with Crippen LogP contribution in [0, 0.1) is 0 Å². The van der Waals surface area contributed by atoms with Crippen molar-refractivity contribution in [2.24, 2.45) is 4.99 Å². The van der Waals surface area contributed by atoms with Crippen LogP contribution in [-0.2, 0) is 12.0 Å². The first-order chi connectivity index (χ1) is 11.8. The van der Waals surface area contributed by atoms with Gasteiger partial charge in [0.15, 0.2) is 5.96 Å². The highest BCUT2D eigenvalue weighted by Crippen LogP contribution is 2.50. The van der Waals surface area contributed by atoms with Crippen molar-refractivity contribution in [3.05, 3.63) is 52.2 Å². The van der Waals surface area contributed by atoms with Crippen molar-refractivity contribution in [2.45, 2.75) is 31.7 Å². The number of aliphatic imine (C=N–C) groups is 1. The molecule has 0 saturated heterocycles. The molecule has 1 saturated carbocycles. The van der Waals surface area contributed by atoms with E-state index >= 15 is 0 Å². The van der Waals surface area contributed by atoms with Crippen LogP contribution in [0.15, 0.2) is 46.8 Å². The molecule has 4 nitrogen and oxygen atoms in total. The number of rotatable bonds is 7. The zero-order chi connectivity index (χ0) is 16.8. The first-order valence-corrected chi connectivity index (χ1v) is 9.33. The number of ether oxygens (including phenoxy) is 1. The van der Waals surface area contributed by atoms with E-state index in [0.717, 1.165) is 24.8 Å². The van der Waals surface area contributed by atoms with E-state index in [4.69, 9.17) is 9.73 Å². The fraction of sp³-hybridized carbons (Fsp3) is 0.421. The Bertz CT molecular complexity index is 678. The predicted molar refractivity (Wildman–Crippen MR) is 101 cm³/mol. The molecule has 1 fully saturated rings. The van der Waals surface area contributed by atoms with Crippen molar-refractivity contribution >= 4 is 17.3 Å². The van der Waals surface area contributed by atoms with Crippen LogP contribution in [0.4, 0.5) is 0 Å². The van der Waals surface area contributed by atoms with Crippen molar-refractivity contribution in [1.29, 1.82) is 0 Å². The summed E-state index contributed by atoms with van der Waals surface area (Å²) in [6.07, 6.45) is 2.37. The maximum Gasteiger partial charge on any atom is 0.191 e. The summed E-state index contributed by atoms with van der Waals surface area (Å²) in [7, 11) is 1.74. The van der Waals surface area contributed by atoms with E-state index in [1.807, 2.05) is 12.1 Å². The van der Waals surface area contributed by atoms with Crippen LogP contribution in [-0.4, -0.2) is 26.2 Å². The Labute approximate surface area is 148 Å². The Morgan fingerprint density at radius 2 is 2.04 bits per heavy atom. The summed E-state index contributed by atoms with van der Waals surface area (Å²) < 4.78 is 5.55. The molecule has 128 valence electrons. The molecule has 1 aliphatic carbocycles. The fourth-order valence-corrected chi connectivity index (χ4v) is 3.56. The summed E-state index contributed by atoms with van der Waals surface area (Å²) in [5.74, 6) is 1.87. The maximum atomic E-state index is 5.55. The van der Waals surface area contributed by atoms with E-state index < -0.39 is 0 Å². The second kappa shape index (κ2) is 7.71. The first-order valence-electron chi connectivity index (χ1n) is 8.45. The number of hydrogen-bond acceptors (Lipinski definition) is 3. The molecule has 5 heteroatoms. The summed E-state index contributed by atoms with van der Waals surface area (Å²) in [6.45, 7) is 4.55. The van der Waals surface area contributed by atoms with Gasteiger partial charge in [-0.3, -0.25) is 0 Å². The average molecular weight is 343 g/mol. The molecule has 1 aliphatic rings. The lowest BCUT2D eigenvalue weighted by Gasteiger charge is -2.21. The summed E-state index contributed by atoms with van der Waals surface area (Å²) in [4.78, 5) is 5.97. The van der Waals surface area contributed by atoms with Crippen molar-refractivity contribution < 1.29 is 4.74 Å². The minimum Gasteiger partial charge on any atom is -0.496 e. The first kappa shape index (κ1) is 16.8. The molecule has 0 radical (unpaired) electrons. The molecular formula is C19H25N3OS. The molecule has 24 heavy (non-hydrogen) atoms. The van der Waals surface area contributed by atoms with E-state index in [-0.39, 0.29) is 5.41 Å². The average Bonchev–Trinajstić information content (AvgIpc) is 3.23. The smallest absolute Gasteiger partial charge is 0.191 e. The van der Waals surface area contributed by atoms with Crippen LogP contribution in [0.25, 0.3) is 0 Å². The molecule has 2 N–H and O–H groups in total. The van der Waals surface area contributed by atoms with Gasteiger partial charge in [-0.1, -0.05) is 24.3 Å². The monoisotopic (exact) mass is 343 g/mol. The van der Waals surface area contributed by atoms with Gasteiger partial charge in [-0.25, -0.2) is 4.99 Å².